The lowest BCUT2D eigenvalue weighted by molar-refractivity contribution is 0.0514. The molecule has 0 saturated carbocycles. The topological polar surface area (TPSA) is 59.6 Å². The van der Waals surface area contributed by atoms with E-state index in [0.29, 0.717) is 24.3 Å². The van der Waals surface area contributed by atoms with Crippen LogP contribution in [0.15, 0.2) is 0 Å². The Balaban J connectivity index is 2.24. The van der Waals surface area contributed by atoms with Crippen molar-refractivity contribution in [2.75, 3.05) is 32.8 Å². The Morgan fingerprint density at radius 2 is 2.05 bits per heavy atom. The van der Waals surface area contributed by atoms with Crippen LogP contribution < -0.4 is 10.6 Å². The van der Waals surface area contributed by atoms with Crippen molar-refractivity contribution in [3.8, 4) is 0 Å². The summed E-state index contributed by atoms with van der Waals surface area (Å²) in [5, 5.41) is 6.38. The van der Waals surface area contributed by atoms with Crippen LogP contribution >= 0.6 is 0 Å². The van der Waals surface area contributed by atoms with Crippen molar-refractivity contribution >= 4 is 6.09 Å². The van der Waals surface area contributed by atoms with Gasteiger partial charge in [0.25, 0.3) is 0 Å². The predicted molar refractivity (Wildman–Crippen MR) is 84.4 cm³/mol. The SMILES string of the molecule is CC(C)C(CNCC1CCOC1)CNC(=O)OC(C)(C)C. The van der Waals surface area contributed by atoms with Crippen LogP contribution in [0.2, 0.25) is 0 Å². The van der Waals surface area contributed by atoms with Gasteiger partial charge in [0.2, 0.25) is 0 Å². The highest BCUT2D eigenvalue weighted by Gasteiger charge is 2.20. The van der Waals surface area contributed by atoms with Crippen molar-refractivity contribution in [2.24, 2.45) is 17.8 Å². The summed E-state index contributed by atoms with van der Waals surface area (Å²) in [6, 6.07) is 0. The maximum Gasteiger partial charge on any atom is 0.407 e. The highest BCUT2D eigenvalue weighted by molar-refractivity contribution is 5.67. The Kier molecular flexibility index (Phi) is 7.46. The first-order valence-corrected chi connectivity index (χ1v) is 8.03. The van der Waals surface area contributed by atoms with E-state index in [2.05, 4.69) is 24.5 Å². The summed E-state index contributed by atoms with van der Waals surface area (Å²) in [7, 11) is 0. The molecule has 0 aromatic heterocycles. The number of alkyl carbamates (subject to hydrolysis) is 1. The van der Waals surface area contributed by atoms with Crippen molar-refractivity contribution in [1.82, 2.24) is 10.6 Å². The van der Waals surface area contributed by atoms with E-state index < -0.39 is 5.60 Å². The Morgan fingerprint density at radius 1 is 1.33 bits per heavy atom. The monoisotopic (exact) mass is 300 g/mol. The summed E-state index contributed by atoms with van der Waals surface area (Å²) >= 11 is 0. The van der Waals surface area contributed by atoms with Gasteiger partial charge in [0.1, 0.15) is 5.60 Å². The molecule has 0 aliphatic carbocycles. The summed E-state index contributed by atoms with van der Waals surface area (Å²) in [4.78, 5) is 11.7. The molecule has 1 heterocycles. The third-order valence-corrected chi connectivity index (χ3v) is 3.71. The molecule has 2 unspecified atom stereocenters. The van der Waals surface area contributed by atoms with Gasteiger partial charge >= 0.3 is 6.09 Å². The van der Waals surface area contributed by atoms with E-state index in [4.69, 9.17) is 9.47 Å². The molecule has 1 aliphatic heterocycles. The van der Waals surface area contributed by atoms with Gasteiger partial charge in [-0.1, -0.05) is 13.8 Å². The number of hydrogen-bond acceptors (Lipinski definition) is 4. The molecule has 0 bridgehead atoms. The summed E-state index contributed by atoms with van der Waals surface area (Å²) in [6.45, 7) is 14.3. The molecule has 1 saturated heterocycles. The Morgan fingerprint density at radius 3 is 2.57 bits per heavy atom. The molecule has 1 aliphatic rings. The second-order valence-electron chi connectivity index (χ2n) is 7.27. The molecule has 0 spiro atoms. The van der Waals surface area contributed by atoms with Gasteiger partial charge in [-0.2, -0.15) is 0 Å². The number of carbonyl (C=O) groups excluding carboxylic acids is 1. The van der Waals surface area contributed by atoms with E-state index in [9.17, 15) is 4.79 Å². The van der Waals surface area contributed by atoms with Crippen LogP contribution in [0.4, 0.5) is 4.79 Å². The molecule has 0 aromatic carbocycles. The lowest BCUT2D eigenvalue weighted by atomic mass is 9.95. The highest BCUT2D eigenvalue weighted by Crippen LogP contribution is 2.13. The molecule has 1 amide bonds. The fourth-order valence-corrected chi connectivity index (χ4v) is 2.29. The van der Waals surface area contributed by atoms with E-state index in [1.165, 1.54) is 0 Å². The zero-order valence-electron chi connectivity index (χ0n) is 14.2. The number of nitrogens with one attached hydrogen (secondary N) is 2. The summed E-state index contributed by atoms with van der Waals surface area (Å²) in [5.41, 5.74) is -0.446. The average molecular weight is 300 g/mol. The van der Waals surface area contributed by atoms with E-state index in [1.807, 2.05) is 20.8 Å². The Hall–Kier alpha value is -0.810. The van der Waals surface area contributed by atoms with E-state index in [1.54, 1.807) is 0 Å². The normalized spacial score (nSPS) is 20.6. The number of rotatable bonds is 7. The van der Waals surface area contributed by atoms with E-state index in [0.717, 1.165) is 32.7 Å². The molecule has 124 valence electrons. The lowest BCUT2D eigenvalue weighted by Gasteiger charge is -2.24. The van der Waals surface area contributed by atoms with Gasteiger partial charge < -0.3 is 20.1 Å². The molecule has 5 nitrogen and oxygen atoms in total. The second kappa shape index (κ2) is 8.59. The minimum atomic E-state index is -0.446. The first kappa shape index (κ1) is 18.2. The molecule has 5 heteroatoms. The maximum atomic E-state index is 11.7. The Labute approximate surface area is 129 Å². The molecular weight excluding hydrogens is 268 g/mol. The van der Waals surface area contributed by atoms with E-state index >= 15 is 0 Å². The molecule has 0 radical (unpaired) electrons. The summed E-state index contributed by atoms with van der Waals surface area (Å²) in [5.74, 6) is 1.55. The quantitative estimate of drug-likeness (QED) is 0.758. The molecule has 1 rings (SSSR count). The largest absolute Gasteiger partial charge is 0.444 e. The minimum absolute atomic E-state index is 0.336. The van der Waals surface area contributed by atoms with Gasteiger partial charge in [0.15, 0.2) is 0 Å². The van der Waals surface area contributed by atoms with Crippen LogP contribution in [0.3, 0.4) is 0 Å². The summed E-state index contributed by atoms with van der Waals surface area (Å²) < 4.78 is 10.6. The number of carbonyl (C=O) groups is 1. The number of amides is 1. The first-order chi connectivity index (χ1) is 9.78. The zero-order chi connectivity index (χ0) is 15.9. The molecule has 2 atom stereocenters. The third-order valence-electron chi connectivity index (χ3n) is 3.71. The fraction of sp³-hybridized carbons (Fsp3) is 0.938. The summed E-state index contributed by atoms with van der Waals surface area (Å²) in [6.07, 6.45) is 0.813. The van der Waals surface area contributed by atoms with Crippen LogP contribution in [-0.4, -0.2) is 44.5 Å². The molecule has 21 heavy (non-hydrogen) atoms. The first-order valence-electron chi connectivity index (χ1n) is 8.03. The van der Waals surface area contributed by atoms with Crippen molar-refractivity contribution in [3.05, 3.63) is 0 Å². The lowest BCUT2D eigenvalue weighted by Crippen LogP contribution is -2.40. The smallest absolute Gasteiger partial charge is 0.407 e. The predicted octanol–water partition coefficient (Wildman–Crippen LogP) is 2.41. The second-order valence-corrected chi connectivity index (χ2v) is 7.27. The number of hydrogen-bond donors (Lipinski definition) is 2. The van der Waals surface area contributed by atoms with Gasteiger partial charge in [-0.15, -0.1) is 0 Å². The van der Waals surface area contributed by atoms with Crippen LogP contribution in [0, 0.1) is 17.8 Å². The van der Waals surface area contributed by atoms with Gasteiger partial charge in [-0.05, 0) is 51.5 Å². The fourth-order valence-electron chi connectivity index (χ4n) is 2.29. The van der Waals surface area contributed by atoms with Gasteiger partial charge in [-0.25, -0.2) is 4.79 Å². The van der Waals surface area contributed by atoms with Gasteiger partial charge in [0, 0.05) is 19.7 Å². The number of ether oxygens (including phenoxy) is 2. The highest BCUT2D eigenvalue weighted by atomic mass is 16.6. The van der Waals surface area contributed by atoms with E-state index in [-0.39, 0.29) is 6.09 Å². The molecule has 2 N–H and O–H groups in total. The maximum absolute atomic E-state index is 11.7. The van der Waals surface area contributed by atoms with Gasteiger partial charge in [-0.3, -0.25) is 0 Å². The zero-order valence-corrected chi connectivity index (χ0v) is 14.2. The standard InChI is InChI=1S/C16H32N2O3/c1-12(2)14(9-17-8-13-6-7-20-11-13)10-18-15(19)21-16(3,4)5/h12-14,17H,6-11H2,1-5H3,(H,18,19). The van der Waals surface area contributed by atoms with Crippen molar-refractivity contribution in [3.63, 3.8) is 0 Å². The van der Waals surface area contributed by atoms with Crippen molar-refractivity contribution < 1.29 is 14.3 Å². The average Bonchev–Trinajstić information content (AvgIpc) is 2.83. The minimum Gasteiger partial charge on any atom is -0.444 e. The van der Waals surface area contributed by atoms with Crippen LogP contribution in [0.25, 0.3) is 0 Å². The van der Waals surface area contributed by atoms with Crippen molar-refractivity contribution in [2.45, 2.75) is 46.6 Å². The van der Waals surface area contributed by atoms with Crippen LogP contribution in [0.1, 0.15) is 41.0 Å². The Bertz CT molecular complexity index is 307. The molecule has 0 aromatic rings. The molecule has 1 fully saturated rings. The molecular formula is C16H32N2O3. The third kappa shape index (κ3) is 8.27. The van der Waals surface area contributed by atoms with Crippen LogP contribution in [-0.2, 0) is 9.47 Å². The van der Waals surface area contributed by atoms with Crippen molar-refractivity contribution in [1.29, 1.82) is 0 Å². The van der Waals surface area contributed by atoms with Gasteiger partial charge in [0.05, 0.1) is 6.61 Å². The van der Waals surface area contributed by atoms with Crippen LogP contribution in [0.5, 0.6) is 0 Å².